The molecule has 1 heterocycles. The molecule has 1 fully saturated rings. The maximum absolute atomic E-state index is 12.6. The summed E-state index contributed by atoms with van der Waals surface area (Å²) in [6.07, 6.45) is -0.505. The monoisotopic (exact) mass is 299 g/mol. The largest absolute Gasteiger partial charge is 0.479 e. The van der Waals surface area contributed by atoms with Crippen molar-refractivity contribution in [2.24, 2.45) is 0 Å². The molecule has 1 atom stereocenters. The van der Waals surface area contributed by atoms with E-state index in [0.29, 0.717) is 6.42 Å². The van der Waals surface area contributed by atoms with Crippen LogP contribution in [-0.4, -0.2) is 49.6 Å². The van der Waals surface area contributed by atoms with Gasteiger partial charge in [0.25, 0.3) is 0 Å². The topological polar surface area (TPSA) is 83.9 Å². The molecule has 20 heavy (non-hydrogen) atoms. The summed E-state index contributed by atoms with van der Waals surface area (Å²) in [6.45, 7) is 1.98. The average Bonchev–Trinajstić information content (AvgIpc) is 2.47. The first-order valence-electron chi connectivity index (χ1n) is 6.39. The van der Waals surface area contributed by atoms with Crippen LogP contribution in [0.2, 0.25) is 0 Å². The second-order valence-electron chi connectivity index (χ2n) is 4.52. The maximum atomic E-state index is 12.6. The van der Waals surface area contributed by atoms with Gasteiger partial charge in [-0.05, 0) is 18.1 Å². The van der Waals surface area contributed by atoms with Crippen LogP contribution in [0, 0.1) is 0 Å². The third kappa shape index (κ3) is 2.84. The average molecular weight is 299 g/mol. The van der Waals surface area contributed by atoms with Crippen molar-refractivity contribution in [2.75, 3.05) is 19.7 Å². The summed E-state index contributed by atoms with van der Waals surface area (Å²) in [7, 11) is -3.68. The van der Waals surface area contributed by atoms with Gasteiger partial charge in [-0.25, -0.2) is 13.2 Å². The van der Waals surface area contributed by atoms with Crippen LogP contribution >= 0.6 is 0 Å². The van der Waals surface area contributed by atoms with E-state index in [-0.39, 0.29) is 24.6 Å². The number of aliphatic carboxylic acids is 1. The predicted molar refractivity (Wildman–Crippen MR) is 72.0 cm³/mol. The minimum Gasteiger partial charge on any atom is -0.479 e. The number of benzene rings is 1. The minimum atomic E-state index is -3.68. The third-order valence-electron chi connectivity index (χ3n) is 3.28. The van der Waals surface area contributed by atoms with E-state index >= 15 is 0 Å². The van der Waals surface area contributed by atoms with E-state index in [1.807, 2.05) is 6.92 Å². The van der Waals surface area contributed by atoms with Crippen LogP contribution in [0.5, 0.6) is 0 Å². The number of ether oxygens (including phenoxy) is 1. The first-order valence-corrected chi connectivity index (χ1v) is 7.83. The highest BCUT2D eigenvalue weighted by Gasteiger charge is 2.34. The van der Waals surface area contributed by atoms with Crippen LogP contribution in [-0.2, 0) is 26.0 Å². The van der Waals surface area contributed by atoms with Crippen LogP contribution in [0.1, 0.15) is 12.5 Å². The Balaban J connectivity index is 2.32. The summed E-state index contributed by atoms with van der Waals surface area (Å²) >= 11 is 0. The molecule has 0 saturated carbocycles. The highest BCUT2D eigenvalue weighted by molar-refractivity contribution is 7.89. The van der Waals surface area contributed by atoms with Gasteiger partial charge in [0.05, 0.1) is 18.0 Å². The Kier molecular flexibility index (Phi) is 4.42. The molecule has 1 aromatic rings. The molecule has 0 amide bonds. The van der Waals surface area contributed by atoms with Crippen molar-refractivity contribution >= 4 is 16.0 Å². The zero-order valence-corrected chi connectivity index (χ0v) is 12.0. The number of sulfonamides is 1. The van der Waals surface area contributed by atoms with Crippen molar-refractivity contribution in [3.05, 3.63) is 29.8 Å². The minimum absolute atomic E-state index is 0.0878. The fourth-order valence-electron chi connectivity index (χ4n) is 2.18. The number of morpholine rings is 1. The summed E-state index contributed by atoms with van der Waals surface area (Å²) < 4.78 is 31.5. The van der Waals surface area contributed by atoms with Gasteiger partial charge >= 0.3 is 5.97 Å². The first kappa shape index (κ1) is 15.0. The Morgan fingerprint density at radius 2 is 2.15 bits per heavy atom. The number of carboxylic acids is 1. The lowest BCUT2D eigenvalue weighted by Crippen LogP contribution is -2.48. The number of aryl methyl sites for hydroxylation is 1. The van der Waals surface area contributed by atoms with E-state index in [1.165, 1.54) is 4.31 Å². The highest BCUT2D eigenvalue weighted by atomic mass is 32.2. The molecule has 0 aromatic heterocycles. The predicted octanol–water partition coefficient (Wildman–Crippen LogP) is 0.723. The van der Waals surface area contributed by atoms with Gasteiger partial charge in [-0.2, -0.15) is 4.31 Å². The molecule has 0 bridgehead atoms. The summed E-state index contributed by atoms with van der Waals surface area (Å²) in [4.78, 5) is 11.2. The molecule has 6 nitrogen and oxygen atoms in total. The van der Waals surface area contributed by atoms with Gasteiger partial charge in [-0.1, -0.05) is 25.1 Å². The van der Waals surface area contributed by atoms with Gasteiger partial charge in [-0.3, -0.25) is 0 Å². The Labute approximate surface area is 118 Å². The lowest BCUT2D eigenvalue weighted by Gasteiger charge is -2.30. The zero-order chi connectivity index (χ0) is 14.8. The fraction of sp³-hybridized carbons (Fsp3) is 0.462. The maximum Gasteiger partial charge on any atom is 0.334 e. The van der Waals surface area contributed by atoms with Crippen molar-refractivity contribution in [3.8, 4) is 0 Å². The molecule has 7 heteroatoms. The molecule has 0 spiro atoms. The SMILES string of the molecule is CCc1ccccc1S(=O)(=O)N1CCOC(C(=O)O)C1. The summed E-state index contributed by atoms with van der Waals surface area (Å²) in [5, 5.41) is 8.95. The van der Waals surface area contributed by atoms with Gasteiger partial charge in [0, 0.05) is 6.54 Å². The molecule has 0 aliphatic carbocycles. The van der Waals surface area contributed by atoms with Gasteiger partial charge in [0.2, 0.25) is 10.0 Å². The highest BCUT2D eigenvalue weighted by Crippen LogP contribution is 2.22. The first-order chi connectivity index (χ1) is 9.46. The van der Waals surface area contributed by atoms with Gasteiger partial charge in [-0.15, -0.1) is 0 Å². The van der Waals surface area contributed by atoms with E-state index in [9.17, 15) is 13.2 Å². The normalized spacial score (nSPS) is 20.8. The lowest BCUT2D eigenvalue weighted by molar-refractivity contribution is -0.153. The zero-order valence-electron chi connectivity index (χ0n) is 11.2. The molecule has 1 unspecified atom stereocenters. The molecule has 1 aliphatic rings. The molecule has 1 aliphatic heterocycles. The standard InChI is InChI=1S/C13H17NO5S/c1-2-10-5-3-4-6-12(10)20(17,18)14-7-8-19-11(9-14)13(15)16/h3-6,11H,2,7-9H2,1H3,(H,15,16). The lowest BCUT2D eigenvalue weighted by atomic mass is 10.2. The number of nitrogens with zero attached hydrogens (tertiary/aromatic N) is 1. The molecule has 0 radical (unpaired) electrons. The Morgan fingerprint density at radius 1 is 1.45 bits per heavy atom. The molecular formula is C13H17NO5S. The molecule has 1 N–H and O–H groups in total. The van der Waals surface area contributed by atoms with E-state index in [1.54, 1.807) is 24.3 Å². The molecule has 2 rings (SSSR count). The number of rotatable bonds is 4. The van der Waals surface area contributed by atoms with Gasteiger partial charge < -0.3 is 9.84 Å². The van der Waals surface area contributed by atoms with Gasteiger partial charge in [0.15, 0.2) is 6.10 Å². The van der Waals surface area contributed by atoms with Crippen molar-refractivity contribution in [3.63, 3.8) is 0 Å². The van der Waals surface area contributed by atoms with Crippen LogP contribution in [0.3, 0.4) is 0 Å². The van der Waals surface area contributed by atoms with Crippen LogP contribution in [0.15, 0.2) is 29.2 Å². The molecular weight excluding hydrogens is 282 g/mol. The Hall–Kier alpha value is -1.44. The molecule has 1 saturated heterocycles. The number of carboxylic acid groups (broad SMARTS) is 1. The second kappa shape index (κ2) is 5.90. The smallest absolute Gasteiger partial charge is 0.334 e. The van der Waals surface area contributed by atoms with Crippen LogP contribution < -0.4 is 0 Å². The molecule has 1 aromatic carbocycles. The fourth-order valence-corrected chi connectivity index (χ4v) is 3.90. The van der Waals surface area contributed by atoms with Crippen molar-refractivity contribution in [1.82, 2.24) is 4.31 Å². The summed E-state index contributed by atoms with van der Waals surface area (Å²) in [6, 6.07) is 6.78. The van der Waals surface area contributed by atoms with Crippen molar-refractivity contribution in [1.29, 1.82) is 0 Å². The van der Waals surface area contributed by atoms with E-state index in [2.05, 4.69) is 0 Å². The van der Waals surface area contributed by atoms with E-state index in [0.717, 1.165) is 5.56 Å². The van der Waals surface area contributed by atoms with Gasteiger partial charge in [0.1, 0.15) is 0 Å². The third-order valence-corrected chi connectivity index (χ3v) is 5.24. The van der Waals surface area contributed by atoms with Crippen LogP contribution in [0.4, 0.5) is 0 Å². The number of hydrogen-bond donors (Lipinski definition) is 1. The number of carbonyl (C=O) groups is 1. The van der Waals surface area contributed by atoms with Crippen LogP contribution in [0.25, 0.3) is 0 Å². The summed E-state index contributed by atoms with van der Waals surface area (Å²) in [5.41, 5.74) is 0.728. The molecule has 110 valence electrons. The van der Waals surface area contributed by atoms with E-state index < -0.39 is 22.1 Å². The van der Waals surface area contributed by atoms with Crippen molar-refractivity contribution in [2.45, 2.75) is 24.3 Å². The Bertz CT molecular complexity index is 599. The van der Waals surface area contributed by atoms with E-state index in [4.69, 9.17) is 9.84 Å². The Morgan fingerprint density at radius 3 is 2.80 bits per heavy atom. The van der Waals surface area contributed by atoms with Crippen molar-refractivity contribution < 1.29 is 23.1 Å². The number of hydrogen-bond acceptors (Lipinski definition) is 4. The summed E-state index contributed by atoms with van der Waals surface area (Å²) in [5.74, 6) is -1.14. The second-order valence-corrected chi connectivity index (χ2v) is 6.43. The quantitative estimate of drug-likeness (QED) is 0.886.